The topological polar surface area (TPSA) is 92.1 Å². The fourth-order valence-corrected chi connectivity index (χ4v) is 8.49. The van der Waals surface area contributed by atoms with Crippen LogP contribution in [-0.4, -0.2) is 47.0 Å². The van der Waals surface area contributed by atoms with Crippen LogP contribution in [-0.2, 0) is 25.9 Å². The second-order valence-electron chi connectivity index (χ2n) is 14.1. The molecular formula is C38H47N3O6. The molecule has 0 amide bonds. The zero-order chi connectivity index (χ0) is 34.1. The van der Waals surface area contributed by atoms with Gasteiger partial charge in [-0.25, -0.2) is 5.48 Å². The van der Waals surface area contributed by atoms with Crippen molar-refractivity contribution in [3.63, 3.8) is 0 Å². The number of fused-ring (bicyclic) bond motifs is 6. The molecule has 0 fully saturated rings. The van der Waals surface area contributed by atoms with Crippen molar-refractivity contribution in [1.29, 1.82) is 0 Å². The maximum Gasteiger partial charge on any atom is 0.182 e. The van der Waals surface area contributed by atoms with Crippen LogP contribution in [0.1, 0.15) is 98.4 Å². The van der Waals surface area contributed by atoms with Crippen LogP contribution in [0.5, 0.6) is 34.5 Å². The molecule has 0 radical (unpaired) electrons. The molecule has 1 unspecified atom stereocenters. The molecule has 6 rings (SSSR count). The van der Waals surface area contributed by atoms with Crippen molar-refractivity contribution in [1.82, 2.24) is 5.48 Å². The van der Waals surface area contributed by atoms with Crippen LogP contribution < -0.4 is 24.4 Å². The van der Waals surface area contributed by atoms with E-state index in [2.05, 4.69) is 81.4 Å². The summed E-state index contributed by atoms with van der Waals surface area (Å²) in [5, 5.41) is 4.40. The van der Waals surface area contributed by atoms with Gasteiger partial charge >= 0.3 is 0 Å². The molecule has 3 aromatic carbocycles. The molecule has 3 aliphatic rings. The number of hydroxylamine groups is 1. The Labute approximate surface area is 278 Å². The summed E-state index contributed by atoms with van der Waals surface area (Å²) in [5.74, 6) is 4.51. The number of ether oxygens (including phenoxy) is 4. The van der Waals surface area contributed by atoms with Gasteiger partial charge in [-0.05, 0) is 102 Å². The normalized spacial score (nSPS) is 20.1. The summed E-state index contributed by atoms with van der Waals surface area (Å²) in [4.78, 5) is 15.1. The standard InChI is InChI=1S/C38H47N3O6/c1-13-26(40-44-11)31-20(2)21(3)32(35(39-8)41-45-12)34-33(31)46-30-17-25-23(15-29(30)47-34)37(6,7)19-38(25)18-36(4,5)22-14-27(42-9)28(43-10)16-24(22)38/h14-17H,13,18-19H2,1-12H3,(H,39,41)/b40-26+. The molecule has 1 spiro atoms. The number of oxime groups is 1. The summed E-state index contributed by atoms with van der Waals surface area (Å²) < 4.78 is 25.5. The van der Waals surface area contributed by atoms with Gasteiger partial charge in [0.2, 0.25) is 0 Å². The predicted octanol–water partition coefficient (Wildman–Crippen LogP) is 8.16. The lowest BCUT2D eigenvalue weighted by molar-refractivity contribution is 0.144. The van der Waals surface area contributed by atoms with E-state index in [1.54, 1.807) is 35.5 Å². The van der Waals surface area contributed by atoms with Gasteiger partial charge < -0.3 is 23.8 Å². The molecule has 0 saturated heterocycles. The van der Waals surface area contributed by atoms with Crippen LogP contribution in [0, 0.1) is 13.8 Å². The number of rotatable bonds is 7. The average Bonchev–Trinajstić information content (AvgIpc) is 3.40. The predicted molar refractivity (Wildman–Crippen MR) is 185 cm³/mol. The molecule has 0 bridgehead atoms. The summed E-state index contributed by atoms with van der Waals surface area (Å²) in [5.41, 5.74) is 11.9. The lowest BCUT2D eigenvalue weighted by Crippen LogP contribution is -2.27. The Morgan fingerprint density at radius 3 is 1.77 bits per heavy atom. The third kappa shape index (κ3) is 4.76. The zero-order valence-corrected chi connectivity index (χ0v) is 29.8. The molecule has 3 aromatic rings. The zero-order valence-electron chi connectivity index (χ0n) is 29.8. The summed E-state index contributed by atoms with van der Waals surface area (Å²) in [6.45, 7) is 15.5. The number of amidine groups is 1. The number of hydrogen-bond acceptors (Lipinski definition) is 8. The van der Waals surface area contributed by atoms with Crippen LogP contribution in [0.4, 0.5) is 0 Å². The highest BCUT2D eigenvalue weighted by molar-refractivity contribution is 6.10. The second kappa shape index (κ2) is 11.5. The quantitative estimate of drug-likeness (QED) is 0.124. The maximum absolute atomic E-state index is 6.97. The second-order valence-corrected chi connectivity index (χ2v) is 14.1. The van der Waals surface area contributed by atoms with E-state index in [9.17, 15) is 0 Å². The first kappa shape index (κ1) is 32.7. The molecule has 0 aromatic heterocycles. The van der Waals surface area contributed by atoms with Gasteiger partial charge in [0.15, 0.2) is 40.3 Å². The van der Waals surface area contributed by atoms with Gasteiger partial charge in [-0.2, -0.15) is 0 Å². The number of nitrogens with one attached hydrogen (secondary N) is 1. The van der Waals surface area contributed by atoms with Crippen molar-refractivity contribution in [2.45, 2.75) is 84.0 Å². The number of methoxy groups -OCH3 is 2. The summed E-state index contributed by atoms with van der Waals surface area (Å²) in [7, 11) is 8.25. The Kier molecular flexibility index (Phi) is 7.98. The van der Waals surface area contributed by atoms with Gasteiger partial charge in [0.05, 0.1) is 32.6 Å². The van der Waals surface area contributed by atoms with Gasteiger partial charge in [-0.1, -0.05) is 39.8 Å². The minimum absolute atomic E-state index is 0.0833. The molecule has 1 N–H and O–H groups in total. The fourth-order valence-electron chi connectivity index (χ4n) is 8.49. The third-order valence-corrected chi connectivity index (χ3v) is 10.5. The molecule has 47 heavy (non-hydrogen) atoms. The largest absolute Gasteiger partial charge is 0.493 e. The van der Waals surface area contributed by atoms with E-state index in [1.165, 1.54) is 22.3 Å². The van der Waals surface area contributed by atoms with E-state index >= 15 is 0 Å². The van der Waals surface area contributed by atoms with E-state index in [0.717, 1.165) is 52.3 Å². The molecule has 9 heteroatoms. The molecule has 1 aliphatic heterocycles. The van der Waals surface area contributed by atoms with Gasteiger partial charge in [0.1, 0.15) is 7.11 Å². The van der Waals surface area contributed by atoms with Crippen LogP contribution in [0.2, 0.25) is 0 Å². The Balaban J connectivity index is 1.61. The third-order valence-electron chi connectivity index (χ3n) is 10.5. The van der Waals surface area contributed by atoms with Crippen LogP contribution in [0.3, 0.4) is 0 Å². The van der Waals surface area contributed by atoms with E-state index in [4.69, 9.17) is 28.6 Å². The Morgan fingerprint density at radius 1 is 0.766 bits per heavy atom. The molecule has 2 aliphatic carbocycles. The number of nitrogens with zero attached hydrogens (tertiary/aromatic N) is 2. The van der Waals surface area contributed by atoms with Gasteiger partial charge in [0.25, 0.3) is 0 Å². The minimum atomic E-state index is -0.246. The smallest absolute Gasteiger partial charge is 0.182 e. The highest BCUT2D eigenvalue weighted by atomic mass is 16.6. The van der Waals surface area contributed by atoms with Crippen LogP contribution in [0.25, 0.3) is 0 Å². The van der Waals surface area contributed by atoms with Crippen LogP contribution in [0.15, 0.2) is 34.4 Å². The van der Waals surface area contributed by atoms with Gasteiger partial charge in [-0.15, -0.1) is 0 Å². The molecular weight excluding hydrogens is 594 g/mol. The van der Waals surface area contributed by atoms with E-state index in [1.807, 2.05) is 6.92 Å². The number of aliphatic imine (C=N–C) groups is 1. The van der Waals surface area contributed by atoms with Crippen molar-refractivity contribution >= 4 is 11.5 Å². The highest BCUT2D eigenvalue weighted by Gasteiger charge is 2.57. The first-order valence-electron chi connectivity index (χ1n) is 16.2. The van der Waals surface area contributed by atoms with E-state index in [0.29, 0.717) is 35.3 Å². The summed E-state index contributed by atoms with van der Waals surface area (Å²) >= 11 is 0. The van der Waals surface area contributed by atoms with Crippen molar-refractivity contribution < 1.29 is 28.6 Å². The van der Waals surface area contributed by atoms with E-state index in [-0.39, 0.29) is 16.2 Å². The Hall–Kier alpha value is -4.24. The van der Waals surface area contributed by atoms with Crippen molar-refractivity contribution in [2.75, 3.05) is 35.5 Å². The molecule has 9 nitrogen and oxygen atoms in total. The number of benzene rings is 3. The fraction of sp³-hybridized carbons (Fsp3) is 0.474. The summed E-state index contributed by atoms with van der Waals surface area (Å²) in [6, 6.07) is 8.76. The average molecular weight is 642 g/mol. The Morgan fingerprint density at radius 2 is 1.26 bits per heavy atom. The lowest BCUT2D eigenvalue weighted by Gasteiger charge is -2.32. The van der Waals surface area contributed by atoms with Crippen LogP contribution >= 0.6 is 0 Å². The van der Waals surface area contributed by atoms with Crippen molar-refractivity contribution in [2.24, 2.45) is 10.1 Å². The van der Waals surface area contributed by atoms with Crippen molar-refractivity contribution in [3.8, 4) is 34.5 Å². The molecule has 0 saturated carbocycles. The lowest BCUT2D eigenvalue weighted by atomic mass is 9.72. The SMILES string of the molecule is CC/C(=N\OC)c1c(C)c(C)c(C(=NC)NOC)c2c1Oc1cc3c(cc1O2)C(C)(C)CC31CC(C)(C)c2cc(OC)c(OC)cc21. The van der Waals surface area contributed by atoms with Crippen molar-refractivity contribution in [3.05, 3.63) is 68.8 Å². The first-order chi connectivity index (χ1) is 22.3. The van der Waals surface area contributed by atoms with E-state index < -0.39 is 0 Å². The number of hydrogen-bond donors (Lipinski definition) is 1. The van der Waals surface area contributed by atoms with Gasteiger partial charge in [-0.3, -0.25) is 9.83 Å². The highest BCUT2D eigenvalue weighted by Crippen LogP contribution is 2.66. The first-order valence-corrected chi connectivity index (χ1v) is 16.2. The minimum Gasteiger partial charge on any atom is -0.493 e. The van der Waals surface area contributed by atoms with Gasteiger partial charge in [0, 0.05) is 18.0 Å². The molecule has 250 valence electrons. The monoisotopic (exact) mass is 641 g/mol. The molecule has 1 atom stereocenters. The Bertz CT molecular complexity index is 1840. The molecule has 1 heterocycles. The summed E-state index contributed by atoms with van der Waals surface area (Å²) in [6.07, 6.45) is 2.53. The maximum atomic E-state index is 6.97.